The molecule has 76 valence electrons. The first-order chi connectivity index (χ1) is 5.66. The normalized spacial score (nSPS) is 11.8. The van der Waals surface area contributed by atoms with E-state index in [0.717, 1.165) is 26.3 Å². The van der Waals surface area contributed by atoms with E-state index in [2.05, 4.69) is 34.1 Å². The number of ether oxygens (including phenoxy) is 1. The topological polar surface area (TPSA) is 15.7 Å². The zero-order valence-electron chi connectivity index (χ0n) is 8.51. The molecular formula is C8H20IN2O-. The molecule has 12 heavy (non-hydrogen) atoms. The van der Waals surface area contributed by atoms with E-state index in [-0.39, 0.29) is 21.5 Å². The van der Waals surface area contributed by atoms with Crippen molar-refractivity contribution in [1.29, 1.82) is 0 Å². The molecule has 0 aromatic rings. The number of hydrogen-bond donors (Lipinski definition) is 0. The van der Waals surface area contributed by atoms with Crippen LogP contribution in [0.1, 0.15) is 0 Å². The molecule has 0 spiro atoms. The zero-order chi connectivity index (χ0) is 9.40. The van der Waals surface area contributed by atoms with Crippen LogP contribution in [0.25, 0.3) is 0 Å². The average Bonchev–Trinajstić information content (AvgIpc) is 2.03. The summed E-state index contributed by atoms with van der Waals surface area (Å²) in [6.45, 7) is 3.82. The van der Waals surface area contributed by atoms with Crippen molar-refractivity contribution in [2.24, 2.45) is 0 Å². The molecule has 0 N–H and O–H groups in total. The zero-order valence-corrected chi connectivity index (χ0v) is 10.7. The summed E-state index contributed by atoms with van der Waals surface area (Å²) in [5.74, 6) is 0. The third kappa shape index (κ3) is 8.70. The summed E-state index contributed by atoms with van der Waals surface area (Å²) >= 11 is 0.252. The fourth-order valence-corrected chi connectivity index (χ4v) is 1.30. The molecule has 0 heterocycles. The number of likely N-dealkylation sites (N-methyl/N-ethyl adjacent to an activating group) is 2. The molecule has 4 heteroatoms. The molecule has 3 nitrogen and oxygen atoms in total. The second-order valence-electron chi connectivity index (χ2n) is 2.91. The van der Waals surface area contributed by atoms with Crippen LogP contribution in [0.3, 0.4) is 0 Å². The second-order valence-corrected chi connectivity index (χ2v) is 5.53. The predicted octanol–water partition coefficient (Wildman–Crippen LogP) is -2.87. The Hall–Kier alpha value is 0.610. The van der Waals surface area contributed by atoms with E-state index in [1.165, 1.54) is 0 Å². The van der Waals surface area contributed by atoms with Crippen LogP contribution >= 0.6 is 0 Å². The number of halogens is 1. The molecule has 0 unspecified atom stereocenters. The molecule has 0 aromatic carbocycles. The van der Waals surface area contributed by atoms with Gasteiger partial charge in [-0.2, -0.15) is 0 Å². The van der Waals surface area contributed by atoms with E-state index in [9.17, 15) is 0 Å². The van der Waals surface area contributed by atoms with Crippen LogP contribution in [-0.4, -0.2) is 60.4 Å². The molecule has 0 amide bonds. The van der Waals surface area contributed by atoms with Crippen molar-refractivity contribution >= 4 is 0 Å². The number of nitrogens with zero attached hydrogens (tertiary/aromatic N) is 2. The van der Waals surface area contributed by atoms with Gasteiger partial charge < -0.3 is 0 Å². The van der Waals surface area contributed by atoms with Gasteiger partial charge in [-0.05, 0) is 0 Å². The fourth-order valence-electron chi connectivity index (χ4n) is 0.624. The summed E-state index contributed by atoms with van der Waals surface area (Å²) < 4.78 is 7.81. The van der Waals surface area contributed by atoms with Crippen molar-refractivity contribution in [1.82, 2.24) is 8.01 Å². The monoisotopic (exact) mass is 287 g/mol. The summed E-state index contributed by atoms with van der Waals surface area (Å²) in [5, 5.41) is 0. The molecule has 0 saturated heterocycles. The van der Waals surface area contributed by atoms with Gasteiger partial charge in [0.1, 0.15) is 0 Å². The van der Waals surface area contributed by atoms with Crippen LogP contribution in [0.5, 0.6) is 0 Å². The molecule has 0 aliphatic carbocycles. The Morgan fingerprint density at radius 1 is 1.08 bits per heavy atom. The SMILES string of the molecule is C[I-]N(C)CCOCCN(C)C. The Kier molecular flexibility index (Phi) is 8.64. The number of alkyl halides is 1. The van der Waals surface area contributed by atoms with Gasteiger partial charge in [0, 0.05) is 0 Å². The van der Waals surface area contributed by atoms with Crippen molar-refractivity contribution in [3.8, 4) is 0 Å². The third-order valence-corrected chi connectivity index (χ3v) is 3.64. The van der Waals surface area contributed by atoms with Crippen molar-refractivity contribution < 1.29 is 26.2 Å². The predicted molar refractivity (Wildman–Crippen MR) is 47.9 cm³/mol. The molecular weight excluding hydrogens is 267 g/mol. The molecule has 0 saturated carbocycles. The Labute approximate surface area is 86.7 Å². The Bertz CT molecular complexity index is 101. The summed E-state index contributed by atoms with van der Waals surface area (Å²) in [6, 6.07) is 0. The van der Waals surface area contributed by atoms with Crippen LogP contribution in [-0.2, 0) is 4.74 Å². The minimum absolute atomic E-state index is 0.252. The number of rotatable bonds is 7. The van der Waals surface area contributed by atoms with Gasteiger partial charge in [-0.25, -0.2) is 0 Å². The van der Waals surface area contributed by atoms with Crippen LogP contribution in [0.15, 0.2) is 0 Å². The quantitative estimate of drug-likeness (QED) is 0.217. The van der Waals surface area contributed by atoms with E-state index >= 15 is 0 Å². The second kappa shape index (κ2) is 8.22. The molecule has 0 aliphatic rings. The molecule has 0 rings (SSSR count). The van der Waals surface area contributed by atoms with E-state index in [4.69, 9.17) is 4.74 Å². The van der Waals surface area contributed by atoms with Gasteiger partial charge in [0.2, 0.25) is 0 Å². The molecule has 0 radical (unpaired) electrons. The summed E-state index contributed by atoms with van der Waals surface area (Å²) in [4.78, 5) is 4.40. The van der Waals surface area contributed by atoms with Crippen molar-refractivity contribution in [2.75, 3.05) is 52.4 Å². The van der Waals surface area contributed by atoms with E-state index in [0.29, 0.717) is 0 Å². The van der Waals surface area contributed by atoms with Crippen LogP contribution < -0.4 is 21.5 Å². The van der Waals surface area contributed by atoms with Crippen molar-refractivity contribution in [3.63, 3.8) is 0 Å². The van der Waals surface area contributed by atoms with Crippen molar-refractivity contribution in [2.45, 2.75) is 0 Å². The summed E-state index contributed by atoms with van der Waals surface area (Å²) in [6.07, 6.45) is 0. The standard InChI is InChI=1S/C8H20IN2O/c1-9-11(4)6-8-12-7-5-10(2)3/h5-8H2,1-4H3/q-1. The Balaban J connectivity index is 3.00. The summed E-state index contributed by atoms with van der Waals surface area (Å²) in [5.41, 5.74) is 0. The van der Waals surface area contributed by atoms with E-state index < -0.39 is 0 Å². The molecule has 0 bridgehead atoms. The Morgan fingerprint density at radius 3 is 2.17 bits per heavy atom. The number of hydrogen-bond acceptors (Lipinski definition) is 3. The van der Waals surface area contributed by atoms with Crippen LogP contribution in [0.2, 0.25) is 0 Å². The van der Waals surface area contributed by atoms with Crippen LogP contribution in [0.4, 0.5) is 0 Å². The maximum absolute atomic E-state index is 5.45. The Morgan fingerprint density at radius 2 is 1.67 bits per heavy atom. The first-order valence-electron chi connectivity index (χ1n) is 4.10. The van der Waals surface area contributed by atoms with Crippen molar-refractivity contribution in [3.05, 3.63) is 0 Å². The van der Waals surface area contributed by atoms with Gasteiger partial charge in [-0.15, -0.1) is 0 Å². The van der Waals surface area contributed by atoms with E-state index in [1.807, 2.05) is 0 Å². The average molecular weight is 287 g/mol. The third-order valence-electron chi connectivity index (χ3n) is 1.52. The molecule has 0 fully saturated rings. The van der Waals surface area contributed by atoms with Gasteiger partial charge in [-0.1, -0.05) is 0 Å². The van der Waals surface area contributed by atoms with Crippen LogP contribution in [0, 0.1) is 0 Å². The molecule has 0 aliphatic heterocycles. The summed E-state index contributed by atoms with van der Waals surface area (Å²) in [7, 11) is 6.28. The first-order valence-corrected chi connectivity index (χ1v) is 7.22. The van der Waals surface area contributed by atoms with Gasteiger partial charge >= 0.3 is 86.6 Å². The maximum atomic E-state index is 5.45. The fraction of sp³-hybridized carbons (Fsp3) is 1.00. The van der Waals surface area contributed by atoms with E-state index in [1.54, 1.807) is 0 Å². The minimum atomic E-state index is 0.252. The molecule has 0 atom stereocenters. The van der Waals surface area contributed by atoms with Gasteiger partial charge in [0.25, 0.3) is 0 Å². The van der Waals surface area contributed by atoms with Gasteiger partial charge in [-0.3, -0.25) is 0 Å². The van der Waals surface area contributed by atoms with Gasteiger partial charge in [0.05, 0.1) is 0 Å². The van der Waals surface area contributed by atoms with Gasteiger partial charge in [0.15, 0.2) is 0 Å². The molecule has 0 aromatic heterocycles. The first kappa shape index (κ1) is 12.6.